The minimum Gasteiger partial charge on any atom is -0.480 e. The first kappa shape index (κ1) is 34.2. The minimum absolute atomic E-state index is 0.0937. The van der Waals surface area contributed by atoms with Crippen molar-refractivity contribution in [2.75, 3.05) is 27.8 Å². The SMILES string of the molecule is COC(=O)[C@H]1CCC(=O)N(C)CC(=O)N[C@@H](C(=O)OC)CC(=O)N[C@@H](Cc2ccccc2)C(=O)N[C@@H](C(=O)O)CC(=O)N1. The van der Waals surface area contributed by atoms with E-state index in [9.17, 15) is 43.5 Å². The number of carbonyl (C=O) groups is 8. The van der Waals surface area contributed by atoms with E-state index < -0.39 is 91.0 Å². The van der Waals surface area contributed by atoms with Crippen molar-refractivity contribution in [1.29, 1.82) is 0 Å². The number of aliphatic carboxylic acids is 1. The van der Waals surface area contributed by atoms with Crippen LogP contribution in [-0.4, -0.2) is 109 Å². The van der Waals surface area contributed by atoms with Gasteiger partial charge in [0.1, 0.15) is 24.2 Å². The summed E-state index contributed by atoms with van der Waals surface area (Å²) in [4.78, 5) is 102. The fourth-order valence-corrected chi connectivity index (χ4v) is 4.14. The predicted molar refractivity (Wildman–Crippen MR) is 146 cm³/mol. The Hall–Kier alpha value is -5.02. The molecule has 234 valence electrons. The summed E-state index contributed by atoms with van der Waals surface area (Å²) in [6.45, 7) is -0.525. The molecule has 0 bridgehead atoms. The molecule has 1 fully saturated rings. The average molecular weight is 606 g/mol. The van der Waals surface area contributed by atoms with Gasteiger partial charge in [-0.15, -0.1) is 0 Å². The number of ether oxygens (including phenoxy) is 2. The van der Waals surface area contributed by atoms with Gasteiger partial charge in [0.25, 0.3) is 0 Å². The maximum atomic E-state index is 13.2. The highest BCUT2D eigenvalue weighted by atomic mass is 16.5. The lowest BCUT2D eigenvalue weighted by molar-refractivity contribution is -0.147. The van der Waals surface area contributed by atoms with Gasteiger partial charge in [-0.2, -0.15) is 0 Å². The van der Waals surface area contributed by atoms with E-state index >= 15 is 0 Å². The Balaban J connectivity index is 2.44. The number of nitrogens with zero attached hydrogens (tertiary/aromatic N) is 1. The Kier molecular flexibility index (Phi) is 13.1. The summed E-state index contributed by atoms with van der Waals surface area (Å²) >= 11 is 0. The molecule has 1 saturated heterocycles. The number of hydrogen-bond acceptors (Lipinski definition) is 10. The second-order valence-corrected chi connectivity index (χ2v) is 9.69. The molecular weight excluding hydrogens is 570 g/mol. The molecule has 5 amide bonds. The standard InChI is InChI=1S/C27H35N5O11/c1-32-14-22(35)30-19(27(41)43-3)13-21(34)29-17(11-15-7-5-4-6-8-15)24(37)31-18(25(38)39)12-20(33)28-16(26(40)42-2)9-10-23(32)36/h4-8,16-19H,9-14H2,1-3H3,(H,28,33)(H,29,34)(H,30,35)(H,31,37)(H,38,39)/t16-,17+,18-,19-/m1/s1. The first-order chi connectivity index (χ1) is 20.3. The lowest BCUT2D eigenvalue weighted by atomic mass is 10.0. The molecule has 0 spiro atoms. The summed E-state index contributed by atoms with van der Waals surface area (Å²) in [7, 11) is 3.39. The van der Waals surface area contributed by atoms with Crippen molar-refractivity contribution in [2.24, 2.45) is 0 Å². The molecule has 0 radical (unpaired) electrons. The van der Waals surface area contributed by atoms with Gasteiger partial charge in [-0.1, -0.05) is 30.3 Å². The van der Waals surface area contributed by atoms with Crippen LogP contribution in [0.25, 0.3) is 0 Å². The van der Waals surface area contributed by atoms with Gasteiger partial charge in [0, 0.05) is 19.9 Å². The molecule has 43 heavy (non-hydrogen) atoms. The fraction of sp³-hybridized carbons (Fsp3) is 0.481. The van der Waals surface area contributed by atoms with E-state index in [-0.39, 0.29) is 19.3 Å². The molecule has 2 rings (SSSR count). The normalized spacial score (nSPS) is 23.2. The van der Waals surface area contributed by atoms with E-state index in [0.29, 0.717) is 5.56 Å². The molecule has 1 aliphatic heterocycles. The zero-order chi connectivity index (χ0) is 32.1. The molecule has 4 atom stereocenters. The number of nitrogens with one attached hydrogen (secondary N) is 4. The number of carboxylic acid groups (broad SMARTS) is 1. The van der Waals surface area contributed by atoms with E-state index in [1.165, 1.54) is 7.05 Å². The summed E-state index contributed by atoms with van der Waals surface area (Å²) in [5, 5.41) is 19.0. The van der Waals surface area contributed by atoms with Crippen molar-refractivity contribution in [2.45, 2.75) is 56.3 Å². The van der Waals surface area contributed by atoms with Gasteiger partial charge in [0.05, 0.1) is 33.6 Å². The molecule has 0 aromatic heterocycles. The number of likely N-dealkylation sites (N-methyl/N-ethyl adjacent to an activating group) is 1. The molecule has 1 aliphatic rings. The Morgan fingerprint density at radius 3 is 1.98 bits per heavy atom. The van der Waals surface area contributed by atoms with Crippen molar-refractivity contribution in [3.8, 4) is 0 Å². The van der Waals surface area contributed by atoms with Gasteiger partial charge in [-0.05, 0) is 12.0 Å². The number of esters is 2. The second kappa shape index (κ2) is 16.4. The molecule has 16 heteroatoms. The van der Waals surface area contributed by atoms with E-state index in [0.717, 1.165) is 19.1 Å². The Labute approximate surface area is 246 Å². The number of carbonyl (C=O) groups excluding carboxylic acids is 7. The quantitative estimate of drug-likeness (QED) is 0.223. The zero-order valence-electron chi connectivity index (χ0n) is 23.9. The van der Waals surface area contributed by atoms with E-state index in [2.05, 4.69) is 30.7 Å². The van der Waals surface area contributed by atoms with Gasteiger partial charge >= 0.3 is 17.9 Å². The molecule has 1 heterocycles. The predicted octanol–water partition coefficient (Wildman–Crippen LogP) is -2.37. The van der Waals surface area contributed by atoms with E-state index in [1.807, 2.05) is 0 Å². The fourth-order valence-electron chi connectivity index (χ4n) is 4.14. The number of carboxylic acids is 1. The molecule has 1 aromatic carbocycles. The highest BCUT2D eigenvalue weighted by Gasteiger charge is 2.32. The van der Waals surface area contributed by atoms with Crippen molar-refractivity contribution in [1.82, 2.24) is 26.2 Å². The van der Waals surface area contributed by atoms with Crippen LogP contribution in [0.15, 0.2) is 30.3 Å². The third-order valence-electron chi connectivity index (χ3n) is 6.42. The Morgan fingerprint density at radius 1 is 0.814 bits per heavy atom. The second-order valence-electron chi connectivity index (χ2n) is 9.69. The van der Waals surface area contributed by atoms with Crippen molar-refractivity contribution >= 4 is 47.4 Å². The largest absolute Gasteiger partial charge is 0.480 e. The highest BCUT2D eigenvalue weighted by Crippen LogP contribution is 2.08. The molecule has 0 saturated carbocycles. The van der Waals surface area contributed by atoms with Crippen LogP contribution in [0, 0.1) is 0 Å². The maximum Gasteiger partial charge on any atom is 0.328 e. The third kappa shape index (κ3) is 11.1. The number of methoxy groups -OCH3 is 2. The monoisotopic (exact) mass is 605 g/mol. The minimum atomic E-state index is -1.77. The maximum absolute atomic E-state index is 13.2. The molecule has 16 nitrogen and oxygen atoms in total. The Bertz CT molecular complexity index is 1220. The van der Waals surface area contributed by atoms with E-state index in [1.54, 1.807) is 30.3 Å². The molecule has 1 aromatic rings. The number of rotatable bonds is 5. The lowest BCUT2D eigenvalue weighted by Crippen LogP contribution is -2.55. The van der Waals surface area contributed by atoms with E-state index in [4.69, 9.17) is 0 Å². The molecule has 5 N–H and O–H groups in total. The van der Waals surface area contributed by atoms with Crippen LogP contribution in [0.3, 0.4) is 0 Å². The van der Waals surface area contributed by atoms with Crippen LogP contribution in [-0.2, 0) is 54.3 Å². The van der Waals surface area contributed by atoms with Crippen LogP contribution in [0.2, 0.25) is 0 Å². The van der Waals surface area contributed by atoms with Gasteiger partial charge in [-0.3, -0.25) is 24.0 Å². The van der Waals surface area contributed by atoms with Crippen LogP contribution in [0.4, 0.5) is 0 Å². The summed E-state index contributed by atoms with van der Waals surface area (Å²) in [5.74, 6) is -7.62. The number of benzene rings is 1. The number of hydrogen-bond donors (Lipinski definition) is 5. The van der Waals surface area contributed by atoms with Crippen LogP contribution in [0.1, 0.15) is 31.2 Å². The summed E-state index contributed by atoms with van der Waals surface area (Å²) in [5.41, 5.74) is 0.595. The smallest absolute Gasteiger partial charge is 0.328 e. The third-order valence-corrected chi connectivity index (χ3v) is 6.42. The van der Waals surface area contributed by atoms with Gasteiger partial charge < -0.3 is 40.7 Å². The van der Waals surface area contributed by atoms with Crippen molar-refractivity contribution < 1.29 is 52.9 Å². The van der Waals surface area contributed by atoms with Gasteiger partial charge in [0.15, 0.2) is 0 Å². The van der Waals surface area contributed by atoms with Crippen LogP contribution in [0.5, 0.6) is 0 Å². The Morgan fingerprint density at radius 2 is 1.37 bits per heavy atom. The zero-order valence-corrected chi connectivity index (χ0v) is 23.9. The number of amides is 5. The molecular formula is C27H35N5O11. The molecule has 0 aliphatic carbocycles. The summed E-state index contributed by atoms with van der Waals surface area (Å²) in [6, 6.07) is 2.47. The van der Waals surface area contributed by atoms with Crippen LogP contribution >= 0.6 is 0 Å². The van der Waals surface area contributed by atoms with Crippen molar-refractivity contribution in [3.63, 3.8) is 0 Å². The van der Waals surface area contributed by atoms with Gasteiger partial charge in [0.2, 0.25) is 29.5 Å². The average Bonchev–Trinajstić information content (AvgIpc) is 2.96. The summed E-state index contributed by atoms with van der Waals surface area (Å²) < 4.78 is 9.35. The highest BCUT2D eigenvalue weighted by molar-refractivity contribution is 5.95. The first-order valence-corrected chi connectivity index (χ1v) is 13.2. The van der Waals surface area contributed by atoms with Crippen molar-refractivity contribution in [3.05, 3.63) is 35.9 Å². The van der Waals surface area contributed by atoms with Crippen LogP contribution < -0.4 is 21.3 Å². The molecule has 0 unspecified atom stereocenters. The first-order valence-electron chi connectivity index (χ1n) is 13.2. The topological polar surface area (TPSA) is 227 Å². The summed E-state index contributed by atoms with van der Waals surface area (Å²) in [6.07, 6.45) is -2.12. The lowest BCUT2D eigenvalue weighted by Gasteiger charge is -2.23. The van der Waals surface area contributed by atoms with Gasteiger partial charge in [-0.25, -0.2) is 14.4 Å².